The summed E-state index contributed by atoms with van der Waals surface area (Å²) >= 11 is 5.78. The molecule has 0 radical (unpaired) electrons. The lowest BCUT2D eigenvalue weighted by Gasteiger charge is -2.00. The molecule has 4 heteroatoms. The second-order valence-corrected chi connectivity index (χ2v) is 4.07. The highest BCUT2D eigenvalue weighted by atomic mass is 35.5. The SMILES string of the molecule is Cc1ccc2c(ccn3nc(CCl)cc23)n1. The Morgan fingerprint density at radius 2 is 2.19 bits per heavy atom. The summed E-state index contributed by atoms with van der Waals surface area (Å²) in [6, 6.07) is 8.06. The van der Waals surface area contributed by atoms with E-state index in [9.17, 15) is 0 Å². The zero-order chi connectivity index (χ0) is 11.1. The molecule has 3 aromatic heterocycles. The van der Waals surface area contributed by atoms with Crippen molar-refractivity contribution in [2.24, 2.45) is 0 Å². The maximum Gasteiger partial charge on any atom is 0.0783 e. The van der Waals surface area contributed by atoms with Gasteiger partial charge in [0, 0.05) is 17.3 Å². The number of nitrogens with zero attached hydrogens (tertiary/aromatic N) is 3. The summed E-state index contributed by atoms with van der Waals surface area (Å²) in [5.41, 5.74) is 3.96. The molecule has 0 saturated heterocycles. The van der Waals surface area contributed by atoms with E-state index in [2.05, 4.69) is 16.1 Å². The lowest BCUT2D eigenvalue weighted by Crippen LogP contribution is -1.90. The number of pyridine rings is 2. The monoisotopic (exact) mass is 231 g/mol. The Bertz CT molecular complexity index is 672. The van der Waals surface area contributed by atoms with Crippen molar-refractivity contribution in [1.82, 2.24) is 14.6 Å². The Kier molecular flexibility index (Phi) is 2.07. The standard InChI is InChI=1S/C12H10ClN3/c1-8-2-3-10-11(14-8)4-5-16-12(10)6-9(7-13)15-16/h2-6H,7H2,1H3. The predicted molar refractivity (Wildman–Crippen MR) is 64.8 cm³/mol. The molecule has 0 atom stereocenters. The van der Waals surface area contributed by atoms with Crippen molar-refractivity contribution >= 4 is 28.0 Å². The molecule has 0 spiro atoms. The Morgan fingerprint density at radius 1 is 1.31 bits per heavy atom. The average Bonchev–Trinajstić information content (AvgIpc) is 2.71. The van der Waals surface area contributed by atoms with Crippen molar-refractivity contribution in [3.63, 3.8) is 0 Å². The number of hydrogen-bond donors (Lipinski definition) is 0. The van der Waals surface area contributed by atoms with Gasteiger partial charge in [-0.25, -0.2) is 4.52 Å². The van der Waals surface area contributed by atoms with Crippen molar-refractivity contribution in [1.29, 1.82) is 0 Å². The van der Waals surface area contributed by atoms with Crippen molar-refractivity contribution in [3.8, 4) is 0 Å². The third kappa shape index (κ3) is 1.36. The van der Waals surface area contributed by atoms with Crippen LogP contribution in [0.4, 0.5) is 0 Å². The van der Waals surface area contributed by atoms with E-state index in [1.807, 2.05) is 35.8 Å². The van der Waals surface area contributed by atoms with Crippen LogP contribution in [0.1, 0.15) is 11.4 Å². The van der Waals surface area contributed by atoms with E-state index in [1.165, 1.54) is 0 Å². The molecule has 3 nitrogen and oxygen atoms in total. The number of hydrogen-bond acceptors (Lipinski definition) is 2. The molecule has 3 rings (SSSR count). The van der Waals surface area contributed by atoms with E-state index >= 15 is 0 Å². The van der Waals surface area contributed by atoms with Gasteiger partial charge in [-0.05, 0) is 31.2 Å². The van der Waals surface area contributed by atoms with Gasteiger partial charge in [-0.3, -0.25) is 4.98 Å². The highest BCUT2D eigenvalue weighted by Gasteiger charge is 2.05. The van der Waals surface area contributed by atoms with Crippen molar-refractivity contribution in [2.75, 3.05) is 0 Å². The van der Waals surface area contributed by atoms with E-state index in [0.717, 1.165) is 27.8 Å². The van der Waals surface area contributed by atoms with E-state index in [4.69, 9.17) is 11.6 Å². The normalized spacial score (nSPS) is 11.4. The molecule has 0 aliphatic heterocycles. The molecule has 3 heterocycles. The van der Waals surface area contributed by atoms with Crippen molar-refractivity contribution < 1.29 is 0 Å². The molecule has 0 aliphatic carbocycles. The van der Waals surface area contributed by atoms with Crippen molar-refractivity contribution in [2.45, 2.75) is 12.8 Å². The zero-order valence-electron chi connectivity index (χ0n) is 8.81. The molecule has 16 heavy (non-hydrogen) atoms. The second-order valence-electron chi connectivity index (χ2n) is 3.80. The average molecular weight is 232 g/mol. The molecule has 0 aliphatic rings. The number of aromatic nitrogens is 3. The van der Waals surface area contributed by atoms with Gasteiger partial charge in [0.1, 0.15) is 0 Å². The Morgan fingerprint density at radius 3 is 3.00 bits per heavy atom. The fourth-order valence-electron chi connectivity index (χ4n) is 1.89. The zero-order valence-corrected chi connectivity index (χ0v) is 9.57. The molecule has 0 amide bonds. The summed E-state index contributed by atoms with van der Waals surface area (Å²) in [5, 5.41) is 5.47. The number of alkyl halides is 1. The minimum absolute atomic E-state index is 0.433. The van der Waals surface area contributed by atoms with E-state index in [0.29, 0.717) is 5.88 Å². The number of halogens is 1. The number of aryl methyl sites for hydroxylation is 1. The summed E-state index contributed by atoms with van der Waals surface area (Å²) < 4.78 is 1.84. The first-order chi connectivity index (χ1) is 7.78. The van der Waals surface area contributed by atoms with E-state index in [1.54, 1.807) is 0 Å². The lowest BCUT2D eigenvalue weighted by molar-refractivity contribution is 0.931. The van der Waals surface area contributed by atoms with Gasteiger partial charge in [0.2, 0.25) is 0 Å². The van der Waals surface area contributed by atoms with Gasteiger partial charge < -0.3 is 0 Å². The first kappa shape index (κ1) is 9.60. The molecule has 0 unspecified atom stereocenters. The maximum absolute atomic E-state index is 5.78. The van der Waals surface area contributed by atoms with E-state index < -0.39 is 0 Å². The third-order valence-corrected chi connectivity index (χ3v) is 2.91. The third-order valence-electron chi connectivity index (χ3n) is 2.64. The number of fused-ring (bicyclic) bond motifs is 3. The smallest absolute Gasteiger partial charge is 0.0783 e. The van der Waals surface area contributed by atoms with Gasteiger partial charge in [0.15, 0.2) is 0 Å². The van der Waals surface area contributed by atoms with Crippen molar-refractivity contribution in [3.05, 3.63) is 41.9 Å². The van der Waals surface area contributed by atoms with Crippen LogP contribution >= 0.6 is 11.6 Å². The molecule has 0 saturated carbocycles. The van der Waals surface area contributed by atoms with Crippen LogP contribution in [0, 0.1) is 6.92 Å². The molecule has 80 valence electrons. The van der Waals surface area contributed by atoms with Crippen LogP contribution in [0.15, 0.2) is 30.5 Å². The summed E-state index contributed by atoms with van der Waals surface area (Å²) in [5.74, 6) is 0.433. The Labute approximate surface area is 97.7 Å². The minimum atomic E-state index is 0.433. The van der Waals surface area contributed by atoms with Gasteiger partial charge in [-0.2, -0.15) is 5.10 Å². The van der Waals surface area contributed by atoms with Gasteiger partial charge >= 0.3 is 0 Å². The number of rotatable bonds is 1. The largest absolute Gasteiger partial charge is 0.253 e. The molecule has 0 N–H and O–H groups in total. The van der Waals surface area contributed by atoms with Gasteiger partial charge in [0.25, 0.3) is 0 Å². The van der Waals surface area contributed by atoms with Crippen LogP contribution in [0.5, 0.6) is 0 Å². The maximum atomic E-state index is 5.78. The molecule has 0 fully saturated rings. The van der Waals surface area contributed by atoms with Crippen LogP contribution < -0.4 is 0 Å². The fraction of sp³-hybridized carbons (Fsp3) is 0.167. The van der Waals surface area contributed by atoms with Crippen LogP contribution in [-0.2, 0) is 5.88 Å². The van der Waals surface area contributed by atoms with E-state index in [-0.39, 0.29) is 0 Å². The summed E-state index contributed by atoms with van der Waals surface area (Å²) in [6.45, 7) is 1.99. The summed E-state index contributed by atoms with van der Waals surface area (Å²) in [6.07, 6.45) is 1.92. The Balaban J connectivity index is 2.43. The van der Waals surface area contributed by atoms with Gasteiger partial charge in [0.05, 0.1) is 22.6 Å². The minimum Gasteiger partial charge on any atom is -0.253 e. The first-order valence-corrected chi connectivity index (χ1v) is 5.62. The predicted octanol–water partition coefficient (Wildman–Crippen LogP) is 2.93. The lowest BCUT2D eigenvalue weighted by atomic mass is 10.2. The highest BCUT2D eigenvalue weighted by molar-refractivity contribution is 6.17. The summed E-state index contributed by atoms with van der Waals surface area (Å²) in [4.78, 5) is 4.49. The van der Waals surface area contributed by atoms with Crippen LogP contribution in [0.25, 0.3) is 16.4 Å². The molecule has 3 aromatic rings. The van der Waals surface area contributed by atoms with Crippen LogP contribution in [0.3, 0.4) is 0 Å². The van der Waals surface area contributed by atoms with Gasteiger partial charge in [-0.1, -0.05) is 0 Å². The quantitative estimate of drug-likeness (QED) is 0.603. The Hall–Kier alpha value is -1.61. The fourth-order valence-corrected chi connectivity index (χ4v) is 2.02. The van der Waals surface area contributed by atoms with Crippen LogP contribution in [-0.4, -0.2) is 14.6 Å². The molecule has 0 aromatic carbocycles. The topological polar surface area (TPSA) is 30.2 Å². The molecular formula is C12H10ClN3. The van der Waals surface area contributed by atoms with Gasteiger partial charge in [-0.15, -0.1) is 11.6 Å². The molecular weight excluding hydrogens is 222 g/mol. The second kappa shape index (κ2) is 3.46. The molecule has 0 bridgehead atoms. The van der Waals surface area contributed by atoms with Crippen LogP contribution in [0.2, 0.25) is 0 Å². The summed E-state index contributed by atoms with van der Waals surface area (Å²) in [7, 11) is 0. The highest BCUT2D eigenvalue weighted by Crippen LogP contribution is 2.20. The first-order valence-electron chi connectivity index (χ1n) is 5.08.